The number of hydrogen-bond donors (Lipinski definition) is 1. The van der Waals surface area contributed by atoms with Gasteiger partial charge in [0.2, 0.25) is 5.91 Å². The fourth-order valence-electron chi connectivity index (χ4n) is 2.89. The van der Waals surface area contributed by atoms with Crippen LogP contribution in [0.3, 0.4) is 0 Å². The van der Waals surface area contributed by atoms with Gasteiger partial charge in [-0.2, -0.15) is 0 Å². The zero-order chi connectivity index (χ0) is 20.1. The molecule has 4 aromatic rings. The molecule has 2 aromatic heterocycles. The van der Waals surface area contributed by atoms with E-state index in [0.29, 0.717) is 22.8 Å². The summed E-state index contributed by atoms with van der Waals surface area (Å²) in [4.78, 5) is 33.5. The van der Waals surface area contributed by atoms with E-state index in [1.165, 1.54) is 11.3 Å². The van der Waals surface area contributed by atoms with Gasteiger partial charge in [0.05, 0.1) is 23.2 Å². The minimum absolute atomic E-state index is 0.147. The zero-order valence-corrected chi connectivity index (χ0v) is 16.2. The average molecular weight is 399 g/mol. The van der Waals surface area contributed by atoms with E-state index in [9.17, 15) is 9.59 Å². The van der Waals surface area contributed by atoms with Crippen molar-refractivity contribution in [3.63, 3.8) is 0 Å². The van der Waals surface area contributed by atoms with Crippen LogP contribution in [0.1, 0.15) is 15.9 Å². The van der Waals surface area contributed by atoms with Gasteiger partial charge in [-0.25, -0.2) is 9.97 Å². The summed E-state index contributed by atoms with van der Waals surface area (Å²) >= 11 is 1.53. The number of thiophene rings is 1. The highest BCUT2D eigenvalue weighted by Crippen LogP contribution is 2.31. The van der Waals surface area contributed by atoms with Crippen LogP contribution in [0.5, 0.6) is 0 Å². The van der Waals surface area contributed by atoms with Gasteiger partial charge in [0.25, 0.3) is 0 Å². The van der Waals surface area contributed by atoms with Gasteiger partial charge in [-0.05, 0) is 17.0 Å². The number of nitrogens with zero attached hydrogens (tertiary/aromatic N) is 2. The molecule has 0 fully saturated rings. The van der Waals surface area contributed by atoms with Crippen molar-refractivity contribution in [2.75, 3.05) is 5.32 Å². The first-order valence-corrected chi connectivity index (χ1v) is 9.91. The molecule has 0 aliphatic heterocycles. The Hall–Kier alpha value is -3.64. The van der Waals surface area contributed by atoms with Gasteiger partial charge in [-0.15, -0.1) is 11.3 Å². The molecule has 142 valence electrons. The van der Waals surface area contributed by atoms with E-state index >= 15 is 0 Å². The quantitative estimate of drug-likeness (QED) is 0.470. The fraction of sp³-hybridized carbons (Fsp3) is 0.0435. The lowest BCUT2D eigenvalue weighted by Gasteiger charge is -2.11. The predicted molar refractivity (Wildman–Crippen MR) is 115 cm³/mol. The predicted octanol–water partition coefficient (Wildman–Crippen LogP) is 4.87. The van der Waals surface area contributed by atoms with Crippen molar-refractivity contribution >= 4 is 29.3 Å². The number of benzene rings is 2. The summed E-state index contributed by atoms with van der Waals surface area (Å²) in [7, 11) is 0. The Morgan fingerprint density at radius 1 is 1.00 bits per heavy atom. The molecule has 1 N–H and O–H groups in total. The first-order valence-electron chi connectivity index (χ1n) is 9.03. The highest BCUT2D eigenvalue weighted by molar-refractivity contribution is 7.13. The molecule has 0 radical (unpaired) electrons. The summed E-state index contributed by atoms with van der Waals surface area (Å²) in [5.74, 6) is 0.285. The Morgan fingerprint density at radius 3 is 2.48 bits per heavy atom. The Labute approximate surface area is 172 Å². The third-order valence-electron chi connectivity index (χ3n) is 4.33. The van der Waals surface area contributed by atoms with Crippen LogP contribution < -0.4 is 5.32 Å². The van der Waals surface area contributed by atoms with Crippen molar-refractivity contribution in [2.24, 2.45) is 0 Å². The maximum atomic E-state index is 12.5. The van der Waals surface area contributed by atoms with E-state index in [0.717, 1.165) is 22.3 Å². The number of hydrogen-bond acceptors (Lipinski definition) is 5. The third-order valence-corrected chi connectivity index (χ3v) is 5.21. The Morgan fingerprint density at radius 2 is 1.79 bits per heavy atom. The number of anilines is 1. The summed E-state index contributed by atoms with van der Waals surface area (Å²) in [6.07, 6.45) is 2.70. The van der Waals surface area contributed by atoms with Crippen LogP contribution in [-0.2, 0) is 11.2 Å². The number of aldehydes is 1. The lowest BCUT2D eigenvalue weighted by atomic mass is 10.1. The highest BCUT2D eigenvalue weighted by Gasteiger charge is 2.15. The van der Waals surface area contributed by atoms with Crippen molar-refractivity contribution in [3.8, 4) is 21.8 Å². The van der Waals surface area contributed by atoms with Crippen molar-refractivity contribution < 1.29 is 9.59 Å². The smallest absolute Gasteiger partial charge is 0.230 e. The van der Waals surface area contributed by atoms with Crippen molar-refractivity contribution in [3.05, 3.63) is 89.4 Å². The minimum atomic E-state index is -0.147. The first-order chi connectivity index (χ1) is 14.2. The molecule has 1 amide bonds. The van der Waals surface area contributed by atoms with Crippen LogP contribution in [0.25, 0.3) is 21.8 Å². The first kappa shape index (κ1) is 18.7. The molecule has 0 bridgehead atoms. The van der Waals surface area contributed by atoms with Gasteiger partial charge in [0, 0.05) is 11.1 Å². The standard InChI is InChI=1S/C23H17N3O2S/c27-15-17-8-10-18(11-9-17)19-14-24-23(22(25-19)20-7-4-12-29-20)26-21(28)13-16-5-2-1-3-6-16/h1-12,14-15H,13H2,(H,24,26,28). The SMILES string of the molecule is O=Cc1ccc(-c2cnc(NC(=O)Cc3ccccc3)c(-c3cccs3)n2)cc1. The van der Waals surface area contributed by atoms with Crippen LogP contribution in [0.2, 0.25) is 0 Å². The molecular formula is C23H17N3O2S. The molecule has 0 unspecified atom stereocenters. The molecule has 0 saturated heterocycles. The van der Waals surface area contributed by atoms with Gasteiger partial charge in [0.15, 0.2) is 5.82 Å². The lowest BCUT2D eigenvalue weighted by molar-refractivity contribution is -0.115. The molecule has 0 aliphatic carbocycles. The lowest BCUT2D eigenvalue weighted by Crippen LogP contribution is -2.16. The molecule has 2 heterocycles. The van der Waals surface area contributed by atoms with E-state index in [4.69, 9.17) is 4.98 Å². The zero-order valence-electron chi connectivity index (χ0n) is 15.4. The Bertz CT molecular complexity index is 1120. The molecule has 4 rings (SSSR count). The normalized spacial score (nSPS) is 10.5. The van der Waals surface area contributed by atoms with E-state index < -0.39 is 0 Å². The van der Waals surface area contributed by atoms with Crippen molar-refractivity contribution in [1.29, 1.82) is 0 Å². The van der Waals surface area contributed by atoms with Crippen LogP contribution in [0.15, 0.2) is 78.3 Å². The highest BCUT2D eigenvalue weighted by atomic mass is 32.1. The van der Waals surface area contributed by atoms with Gasteiger partial charge in [-0.1, -0.05) is 60.7 Å². The molecule has 0 saturated carbocycles. The van der Waals surface area contributed by atoms with Gasteiger partial charge in [-0.3, -0.25) is 9.59 Å². The summed E-state index contributed by atoms with van der Waals surface area (Å²) in [5, 5.41) is 4.85. The molecule has 5 nitrogen and oxygen atoms in total. The van der Waals surface area contributed by atoms with E-state index in [1.807, 2.05) is 60.0 Å². The van der Waals surface area contributed by atoms with E-state index in [1.54, 1.807) is 18.3 Å². The summed E-state index contributed by atoms with van der Waals surface area (Å²) in [6.45, 7) is 0. The summed E-state index contributed by atoms with van der Waals surface area (Å²) in [6, 6.07) is 20.6. The van der Waals surface area contributed by atoms with Gasteiger partial charge >= 0.3 is 0 Å². The molecular weight excluding hydrogens is 382 g/mol. The van der Waals surface area contributed by atoms with Crippen LogP contribution in [0, 0.1) is 0 Å². The number of aromatic nitrogens is 2. The maximum absolute atomic E-state index is 12.5. The largest absolute Gasteiger partial charge is 0.309 e. The monoisotopic (exact) mass is 399 g/mol. The Balaban J connectivity index is 1.64. The topological polar surface area (TPSA) is 72.0 Å². The Kier molecular flexibility index (Phi) is 5.54. The van der Waals surface area contributed by atoms with E-state index in [2.05, 4.69) is 10.3 Å². The second-order valence-electron chi connectivity index (χ2n) is 6.38. The minimum Gasteiger partial charge on any atom is -0.309 e. The second-order valence-corrected chi connectivity index (χ2v) is 7.33. The molecule has 2 aromatic carbocycles. The maximum Gasteiger partial charge on any atom is 0.230 e. The second kappa shape index (κ2) is 8.58. The third kappa shape index (κ3) is 4.44. The summed E-state index contributed by atoms with van der Waals surface area (Å²) < 4.78 is 0. The van der Waals surface area contributed by atoms with Gasteiger partial charge in [0.1, 0.15) is 12.0 Å². The molecule has 0 spiro atoms. The number of rotatable bonds is 6. The van der Waals surface area contributed by atoms with E-state index in [-0.39, 0.29) is 12.3 Å². The fourth-order valence-corrected chi connectivity index (χ4v) is 3.61. The number of amides is 1. The number of carbonyl (C=O) groups excluding carboxylic acids is 2. The summed E-state index contributed by atoms with van der Waals surface area (Å²) in [5.41, 5.74) is 3.68. The average Bonchev–Trinajstić information content (AvgIpc) is 3.29. The molecule has 6 heteroatoms. The van der Waals surface area contributed by atoms with Crippen molar-refractivity contribution in [2.45, 2.75) is 6.42 Å². The van der Waals surface area contributed by atoms with Gasteiger partial charge < -0.3 is 5.32 Å². The number of nitrogens with one attached hydrogen (secondary N) is 1. The van der Waals surface area contributed by atoms with Crippen LogP contribution >= 0.6 is 11.3 Å². The molecule has 29 heavy (non-hydrogen) atoms. The molecule has 0 aliphatic rings. The van der Waals surface area contributed by atoms with Crippen LogP contribution in [0.4, 0.5) is 5.82 Å². The van der Waals surface area contributed by atoms with Crippen LogP contribution in [-0.4, -0.2) is 22.2 Å². The molecule has 0 atom stereocenters. The van der Waals surface area contributed by atoms with Crippen molar-refractivity contribution in [1.82, 2.24) is 9.97 Å². The number of carbonyl (C=O) groups is 2.